The van der Waals surface area contributed by atoms with Gasteiger partial charge in [-0.15, -0.1) is 0 Å². The van der Waals surface area contributed by atoms with Crippen molar-refractivity contribution in [3.05, 3.63) is 41.6 Å². The van der Waals surface area contributed by atoms with Gasteiger partial charge in [0.2, 0.25) is 5.76 Å². The molecule has 1 N–H and O–H groups in total. The number of rotatable bonds is 6. The van der Waals surface area contributed by atoms with Crippen molar-refractivity contribution in [1.29, 1.82) is 0 Å². The number of nitrogens with one attached hydrogen (secondary N) is 1. The molecule has 0 spiro atoms. The molecule has 0 radical (unpaired) electrons. The summed E-state index contributed by atoms with van der Waals surface area (Å²) in [5.41, 5.74) is 1.17. The third-order valence-corrected chi connectivity index (χ3v) is 3.19. The van der Waals surface area contributed by atoms with Crippen LogP contribution in [0.5, 0.6) is 0 Å². The second-order valence-electron chi connectivity index (χ2n) is 4.57. The highest BCUT2D eigenvalue weighted by Gasteiger charge is 2.14. The van der Waals surface area contributed by atoms with Crippen LogP contribution in [0.1, 0.15) is 35.0 Å². The van der Waals surface area contributed by atoms with Crippen LogP contribution in [-0.4, -0.2) is 29.4 Å². The average molecular weight is 277 g/mol. The highest BCUT2D eigenvalue weighted by molar-refractivity contribution is 5.86. The Morgan fingerprint density at radius 3 is 2.95 bits per heavy atom. The number of aryl methyl sites for hydroxylation is 1. The van der Waals surface area contributed by atoms with Crippen molar-refractivity contribution in [2.75, 3.05) is 13.7 Å². The molecule has 0 fully saturated rings. The minimum Gasteiger partial charge on any atom is -0.463 e. The van der Waals surface area contributed by atoms with Crippen LogP contribution in [0.3, 0.4) is 0 Å². The van der Waals surface area contributed by atoms with E-state index in [1.54, 1.807) is 18.3 Å². The molecule has 1 unspecified atom stereocenters. The van der Waals surface area contributed by atoms with E-state index in [0.717, 1.165) is 18.7 Å². The van der Waals surface area contributed by atoms with Crippen molar-refractivity contribution < 1.29 is 13.9 Å². The summed E-state index contributed by atoms with van der Waals surface area (Å²) in [5, 5.41) is 7.47. The van der Waals surface area contributed by atoms with Crippen LogP contribution in [0, 0.1) is 0 Å². The zero-order chi connectivity index (χ0) is 14.5. The smallest absolute Gasteiger partial charge is 0.373 e. The van der Waals surface area contributed by atoms with Crippen LogP contribution in [0.4, 0.5) is 0 Å². The first-order chi connectivity index (χ1) is 9.61. The third-order valence-electron chi connectivity index (χ3n) is 3.19. The number of furan rings is 1. The van der Waals surface area contributed by atoms with Crippen LogP contribution in [0.2, 0.25) is 0 Å². The number of hydrogen-bond acceptors (Lipinski definition) is 5. The zero-order valence-corrected chi connectivity index (χ0v) is 11.9. The monoisotopic (exact) mass is 277 g/mol. The maximum atomic E-state index is 11.3. The van der Waals surface area contributed by atoms with E-state index < -0.39 is 5.97 Å². The lowest BCUT2D eigenvalue weighted by Gasteiger charge is -2.11. The largest absolute Gasteiger partial charge is 0.463 e. The second-order valence-corrected chi connectivity index (χ2v) is 4.57. The fourth-order valence-corrected chi connectivity index (χ4v) is 1.96. The molecule has 6 heteroatoms. The predicted molar refractivity (Wildman–Crippen MR) is 73.4 cm³/mol. The molecule has 0 aliphatic carbocycles. The van der Waals surface area contributed by atoms with E-state index in [1.165, 1.54) is 12.8 Å². The zero-order valence-electron chi connectivity index (χ0n) is 11.9. The van der Waals surface area contributed by atoms with E-state index in [-0.39, 0.29) is 11.8 Å². The van der Waals surface area contributed by atoms with Gasteiger partial charge in [-0.05, 0) is 25.1 Å². The lowest BCUT2D eigenvalue weighted by molar-refractivity contribution is 0.0562. The van der Waals surface area contributed by atoms with Gasteiger partial charge in [-0.1, -0.05) is 0 Å². The molecule has 0 aromatic carbocycles. The summed E-state index contributed by atoms with van der Waals surface area (Å²) in [6.45, 7) is 2.79. The number of carbonyl (C=O) groups excluding carboxylic acids is 1. The van der Waals surface area contributed by atoms with Crippen molar-refractivity contribution in [2.24, 2.45) is 7.05 Å². The summed E-state index contributed by atoms with van der Waals surface area (Å²) in [7, 11) is 3.26. The molecule has 2 heterocycles. The summed E-state index contributed by atoms with van der Waals surface area (Å²) >= 11 is 0. The molecule has 1 atom stereocenters. The third kappa shape index (κ3) is 3.27. The maximum absolute atomic E-state index is 11.3. The van der Waals surface area contributed by atoms with Gasteiger partial charge in [0, 0.05) is 31.9 Å². The molecule has 0 saturated carbocycles. The standard InChI is InChI=1S/C14H19N3O3/c1-10(12-4-5-13(20-12)14(18)19-3)15-8-6-11-7-9-16-17(11)2/h4-5,7,9-10,15H,6,8H2,1-3H3. The van der Waals surface area contributed by atoms with Crippen LogP contribution in [0.25, 0.3) is 0 Å². The summed E-state index contributed by atoms with van der Waals surface area (Å²) in [4.78, 5) is 11.3. The fraction of sp³-hybridized carbons (Fsp3) is 0.429. The Bertz CT molecular complexity index is 574. The Morgan fingerprint density at radius 2 is 2.30 bits per heavy atom. The number of nitrogens with zero attached hydrogens (tertiary/aromatic N) is 2. The molecule has 2 aromatic rings. The Balaban J connectivity index is 1.85. The minimum absolute atomic E-state index is 0.0293. The van der Waals surface area contributed by atoms with Gasteiger partial charge in [0.1, 0.15) is 5.76 Å². The van der Waals surface area contributed by atoms with Crippen LogP contribution in [0.15, 0.2) is 28.8 Å². The van der Waals surface area contributed by atoms with Gasteiger partial charge in [-0.25, -0.2) is 4.79 Å². The van der Waals surface area contributed by atoms with Crippen LogP contribution in [-0.2, 0) is 18.2 Å². The lowest BCUT2D eigenvalue weighted by atomic mass is 10.2. The molecule has 0 saturated heterocycles. The van der Waals surface area contributed by atoms with Crippen LogP contribution < -0.4 is 5.32 Å². The molecule has 108 valence electrons. The van der Waals surface area contributed by atoms with Gasteiger partial charge in [0.15, 0.2) is 0 Å². The molecule has 6 nitrogen and oxygen atoms in total. The number of aromatic nitrogens is 2. The highest BCUT2D eigenvalue weighted by atomic mass is 16.5. The molecule has 2 aromatic heterocycles. The molecule has 0 aliphatic rings. The first-order valence-corrected chi connectivity index (χ1v) is 6.50. The number of ether oxygens (including phenoxy) is 1. The summed E-state index contributed by atoms with van der Waals surface area (Å²) in [5.74, 6) is 0.483. The van der Waals surface area contributed by atoms with Gasteiger partial charge in [-0.2, -0.15) is 5.10 Å². The molecule has 0 aliphatic heterocycles. The molecule has 2 rings (SSSR count). The van der Waals surface area contributed by atoms with E-state index in [4.69, 9.17) is 4.42 Å². The maximum Gasteiger partial charge on any atom is 0.373 e. The van der Waals surface area contributed by atoms with E-state index >= 15 is 0 Å². The first kappa shape index (κ1) is 14.3. The van der Waals surface area contributed by atoms with Gasteiger partial charge >= 0.3 is 5.97 Å². The van der Waals surface area contributed by atoms with Crippen molar-refractivity contribution >= 4 is 5.97 Å². The van der Waals surface area contributed by atoms with Crippen molar-refractivity contribution in [3.8, 4) is 0 Å². The quantitative estimate of drug-likeness (QED) is 0.814. The van der Waals surface area contributed by atoms with Gasteiger partial charge < -0.3 is 14.5 Å². The fourth-order valence-electron chi connectivity index (χ4n) is 1.96. The highest BCUT2D eigenvalue weighted by Crippen LogP contribution is 2.16. The Morgan fingerprint density at radius 1 is 1.50 bits per heavy atom. The first-order valence-electron chi connectivity index (χ1n) is 6.50. The number of hydrogen-bond donors (Lipinski definition) is 1. The van der Waals surface area contributed by atoms with E-state index in [9.17, 15) is 4.79 Å². The van der Waals surface area contributed by atoms with Crippen LogP contribution >= 0.6 is 0 Å². The molecule has 0 amide bonds. The average Bonchev–Trinajstić information content (AvgIpc) is 3.07. The van der Waals surface area contributed by atoms with E-state index in [1.807, 2.05) is 24.7 Å². The second kappa shape index (κ2) is 6.38. The van der Waals surface area contributed by atoms with Gasteiger partial charge in [-0.3, -0.25) is 4.68 Å². The van der Waals surface area contributed by atoms with Crippen molar-refractivity contribution in [1.82, 2.24) is 15.1 Å². The minimum atomic E-state index is -0.460. The SMILES string of the molecule is COC(=O)c1ccc(C(C)NCCc2ccnn2C)o1. The normalized spacial score (nSPS) is 12.3. The Hall–Kier alpha value is -2.08. The molecule has 0 bridgehead atoms. The topological polar surface area (TPSA) is 69.3 Å². The van der Waals surface area contributed by atoms with Crippen molar-refractivity contribution in [3.63, 3.8) is 0 Å². The van der Waals surface area contributed by atoms with Gasteiger partial charge in [0.05, 0.1) is 13.2 Å². The van der Waals surface area contributed by atoms with Crippen molar-refractivity contribution in [2.45, 2.75) is 19.4 Å². The summed E-state index contributed by atoms with van der Waals surface area (Å²) in [6.07, 6.45) is 2.67. The molecular formula is C14H19N3O3. The molecule has 20 heavy (non-hydrogen) atoms. The lowest BCUT2D eigenvalue weighted by Crippen LogP contribution is -2.21. The van der Waals surface area contributed by atoms with E-state index in [0.29, 0.717) is 0 Å². The summed E-state index contributed by atoms with van der Waals surface area (Å²) < 4.78 is 11.9. The number of carbonyl (C=O) groups is 1. The summed E-state index contributed by atoms with van der Waals surface area (Å²) in [6, 6.07) is 5.44. The van der Waals surface area contributed by atoms with E-state index in [2.05, 4.69) is 15.2 Å². The Kier molecular flexibility index (Phi) is 4.57. The number of esters is 1. The predicted octanol–water partition coefficient (Wildman–Crippen LogP) is 1.69. The molecular weight excluding hydrogens is 258 g/mol. The van der Waals surface area contributed by atoms with Gasteiger partial charge in [0.25, 0.3) is 0 Å². The Labute approximate surface area is 117 Å². The number of methoxy groups -OCH3 is 1.